The fourth-order valence-corrected chi connectivity index (χ4v) is 1.93. The Morgan fingerprint density at radius 1 is 1.45 bits per heavy atom. The molecule has 2 rings (SSSR count). The molecule has 0 spiro atoms. The number of nitrogen functional groups attached to an aromatic ring is 1. The number of ether oxygens (including phenoxy) is 1. The van der Waals surface area contributed by atoms with Gasteiger partial charge in [-0.3, -0.25) is 4.79 Å². The van der Waals surface area contributed by atoms with Crippen molar-refractivity contribution in [2.24, 2.45) is 0 Å². The summed E-state index contributed by atoms with van der Waals surface area (Å²) < 4.78 is 5.33. The average Bonchev–Trinajstić information content (AvgIpc) is 2.85. The lowest BCUT2D eigenvalue weighted by atomic mass is 10.1. The first-order valence-electron chi connectivity index (χ1n) is 6.56. The number of amides is 1. The van der Waals surface area contributed by atoms with E-state index < -0.39 is 0 Å². The van der Waals surface area contributed by atoms with E-state index in [0.29, 0.717) is 31.0 Å². The first-order valence-corrected chi connectivity index (χ1v) is 6.56. The highest BCUT2D eigenvalue weighted by Crippen LogP contribution is 2.20. The molecule has 0 aliphatic carbocycles. The minimum atomic E-state index is -0.117. The van der Waals surface area contributed by atoms with Gasteiger partial charge in [-0.25, -0.2) is 0 Å². The molecule has 0 fully saturated rings. The highest BCUT2D eigenvalue weighted by Gasteiger charge is 2.11. The number of nitrogens with two attached hydrogens (primary N) is 1. The van der Waals surface area contributed by atoms with Crippen molar-refractivity contribution in [3.8, 4) is 0 Å². The second kappa shape index (κ2) is 6.77. The van der Waals surface area contributed by atoms with Crippen LogP contribution in [0.3, 0.4) is 0 Å². The molecule has 5 heteroatoms. The third-order valence-corrected chi connectivity index (χ3v) is 2.95. The number of H-pyrrole nitrogens is 1. The van der Waals surface area contributed by atoms with Crippen LogP contribution in [-0.2, 0) is 4.74 Å². The molecule has 20 heavy (non-hydrogen) atoms. The molecule has 0 unspecified atom stereocenters. The molecular weight excluding hydrogens is 254 g/mol. The van der Waals surface area contributed by atoms with E-state index in [2.05, 4.69) is 16.9 Å². The quantitative estimate of drug-likeness (QED) is 0.410. The summed E-state index contributed by atoms with van der Waals surface area (Å²) in [7, 11) is 0. The van der Waals surface area contributed by atoms with Crippen molar-refractivity contribution in [2.75, 3.05) is 25.5 Å². The van der Waals surface area contributed by atoms with Gasteiger partial charge in [0.1, 0.15) is 0 Å². The first kappa shape index (κ1) is 14.1. The number of nitrogens with one attached hydrogen (secondary N) is 2. The van der Waals surface area contributed by atoms with E-state index in [1.54, 1.807) is 18.3 Å². The zero-order valence-corrected chi connectivity index (χ0v) is 11.3. The summed E-state index contributed by atoms with van der Waals surface area (Å²) in [5, 5.41) is 3.69. The number of fused-ring (bicyclic) bond motifs is 1. The summed E-state index contributed by atoms with van der Waals surface area (Å²) in [4.78, 5) is 15.1. The second-order valence-electron chi connectivity index (χ2n) is 4.45. The van der Waals surface area contributed by atoms with Gasteiger partial charge in [-0.05, 0) is 24.6 Å². The molecule has 0 radical (unpaired) electrons. The Balaban J connectivity index is 1.89. The van der Waals surface area contributed by atoms with Gasteiger partial charge in [0.25, 0.3) is 5.91 Å². The maximum absolute atomic E-state index is 12.1. The van der Waals surface area contributed by atoms with Gasteiger partial charge in [0.2, 0.25) is 0 Å². The molecule has 1 aromatic carbocycles. The van der Waals surface area contributed by atoms with Crippen LogP contribution in [0.5, 0.6) is 0 Å². The Labute approximate surface area is 117 Å². The number of hydrogen-bond donors (Lipinski definition) is 3. The lowest BCUT2D eigenvalue weighted by Gasteiger charge is -2.05. The Bertz CT molecular complexity index is 604. The molecule has 5 nitrogen and oxygen atoms in total. The maximum Gasteiger partial charge on any atom is 0.253 e. The highest BCUT2D eigenvalue weighted by molar-refractivity contribution is 6.07. The molecule has 106 valence electrons. The topological polar surface area (TPSA) is 80.1 Å². The van der Waals surface area contributed by atoms with Gasteiger partial charge >= 0.3 is 0 Å². The number of carbonyl (C=O) groups excluding carboxylic acids is 1. The van der Waals surface area contributed by atoms with Crippen LogP contribution in [0.1, 0.15) is 16.8 Å². The number of hydrogen-bond acceptors (Lipinski definition) is 3. The summed E-state index contributed by atoms with van der Waals surface area (Å²) >= 11 is 0. The van der Waals surface area contributed by atoms with Gasteiger partial charge < -0.3 is 20.8 Å². The lowest BCUT2D eigenvalue weighted by Crippen LogP contribution is -2.27. The van der Waals surface area contributed by atoms with Crippen LogP contribution >= 0.6 is 0 Å². The molecule has 4 N–H and O–H groups in total. The summed E-state index contributed by atoms with van der Waals surface area (Å²) in [5.74, 6) is -0.117. The molecule has 1 heterocycles. The summed E-state index contributed by atoms with van der Waals surface area (Å²) in [6.45, 7) is 5.22. The van der Waals surface area contributed by atoms with E-state index in [-0.39, 0.29) is 5.91 Å². The van der Waals surface area contributed by atoms with Gasteiger partial charge in [-0.15, -0.1) is 6.58 Å². The SMILES string of the molecule is C=CCCOCCNC(=O)c1c[nH]c2cc(N)ccc12. The third-order valence-electron chi connectivity index (χ3n) is 2.95. The average molecular weight is 273 g/mol. The van der Waals surface area contributed by atoms with Crippen molar-refractivity contribution in [1.29, 1.82) is 0 Å². The molecule has 0 atom stereocenters. The van der Waals surface area contributed by atoms with Crippen LogP contribution in [0.15, 0.2) is 37.1 Å². The zero-order chi connectivity index (χ0) is 14.4. The first-order chi connectivity index (χ1) is 9.72. The van der Waals surface area contributed by atoms with Gasteiger partial charge in [0, 0.05) is 29.3 Å². The van der Waals surface area contributed by atoms with Crippen molar-refractivity contribution >= 4 is 22.5 Å². The van der Waals surface area contributed by atoms with E-state index in [9.17, 15) is 4.79 Å². The number of aromatic nitrogens is 1. The van der Waals surface area contributed by atoms with Crippen molar-refractivity contribution in [3.63, 3.8) is 0 Å². The minimum absolute atomic E-state index is 0.117. The van der Waals surface area contributed by atoms with Crippen LogP contribution < -0.4 is 11.1 Å². The van der Waals surface area contributed by atoms with Crippen LogP contribution in [0.25, 0.3) is 10.9 Å². The molecule has 1 aromatic heterocycles. The molecule has 2 aromatic rings. The Morgan fingerprint density at radius 3 is 3.10 bits per heavy atom. The fourth-order valence-electron chi connectivity index (χ4n) is 1.93. The Kier molecular flexibility index (Phi) is 4.79. The van der Waals surface area contributed by atoms with E-state index in [1.807, 2.05) is 12.1 Å². The summed E-state index contributed by atoms with van der Waals surface area (Å²) in [5.41, 5.74) is 7.85. The summed E-state index contributed by atoms with van der Waals surface area (Å²) in [6, 6.07) is 5.44. The maximum atomic E-state index is 12.1. The fraction of sp³-hybridized carbons (Fsp3) is 0.267. The molecule has 0 bridgehead atoms. The monoisotopic (exact) mass is 273 g/mol. The zero-order valence-electron chi connectivity index (χ0n) is 11.3. The predicted molar refractivity (Wildman–Crippen MR) is 80.7 cm³/mol. The second-order valence-corrected chi connectivity index (χ2v) is 4.45. The molecular formula is C15H19N3O2. The Morgan fingerprint density at radius 2 is 2.30 bits per heavy atom. The normalized spacial score (nSPS) is 10.6. The van der Waals surface area contributed by atoms with Crippen LogP contribution in [0, 0.1) is 0 Å². The van der Waals surface area contributed by atoms with Gasteiger partial charge in [0.05, 0.1) is 18.8 Å². The standard InChI is InChI=1S/C15H19N3O2/c1-2-3-7-20-8-6-17-15(19)13-10-18-14-9-11(16)4-5-12(13)14/h2,4-5,9-10,18H,1,3,6-8,16H2,(H,17,19). The van der Waals surface area contributed by atoms with Crippen LogP contribution in [0.2, 0.25) is 0 Å². The van der Waals surface area contributed by atoms with E-state index in [1.165, 1.54) is 0 Å². The largest absolute Gasteiger partial charge is 0.399 e. The van der Waals surface area contributed by atoms with Crippen molar-refractivity contribution < 1.29 is 9.53 Å². The van der Waals surface area contributed by atoms with Gasteiger partial charge in [0.15, 0.2) is 0 Å². The summed E-state index contributed by atoms with van der Waals surface area (Å²) in [6.07, 6.45) is 4.31. The number of aromatic amines is 1. The van der Waals surface area contributed by atoms with Crippen LogP contribution in [0.4, 0.5) is 5.69 Å². The van der Waals surface area contributed by atoms with Crippen molar-refractivity contribution in [1.82, 2.24) is 10.3 Å². The molecule has 1 amide bonds. The molecule has 0 saturated carbocycles. The van der Waals surface area contributed by atoms with Gasteiger partial charge in [-0.2, -0.15) is 0 Å². The van der Waals surface area contributed by atoms with E-state index in [0.717, 1.165) is 17.3 Å². The number of rotatable bonds is 7. The third kappa shape index (κ3) is 3.39. The number of anilines is 1. The van der Waals surface area contributed by atoms with Crippen molar-refractivity contribution in [3.05, 3.63) is 42.6 Å². The van der Waals surface area contributed by atoms with Crippen molar-refractivity contribution in [2.45, 2.75) is 6.42 Å². The van der Waals surface area contributed by atoms with Gasteiger partial charge in [-0.1, -0.05) is 6.08 Å². The molecule has 0 aliphatic heterocycles. The molecule has 0 saturated heterocycles. The highest BCUT2D eigenvalue weighted by atomic mass is 16.5. The molecule has 0 aliphatic rings. The number of carbonyl (C=O) groups is 1. The smallest absolute Gasteiger partial charge is 0.253 e. The van der Waals surface area contributed by atoms with E-state index >= 15 is 0 Å². The lowest BCUT2D eigenvalue weighted by molar-refractivity contribution is 0.0919. The number of benzene rings is 1. The predicted octanol–water partition coefficient (Wildman–Crippen LogP) is 2.07. The minimum Gasteiger partial charge on any atom is -0.399 e. The van der Waals surface area contributed by atoms with Crippen LogP contribution in [-0.4, -0.2) is 30.6 Å². The van der Waals surface area contributed by atoms with E-state index in [4.69, 9.17) is 10.5 Å². The Hall–Kier alpha value is -2.27.